The lowest BCUT2D eigenvalue weighted by molar-refractivity contribution is -0.152. The average Bonchev–Trinajstić information content (AvgIpc) is 2.64. The van der Waals surface area contributed by atoms with Crippen LogP contribution in [0.4, 0.5) is 0 Å². The first-order chi connectivity index (χ1) is 12.8. The molecule has 28 heavy (non-hydrogen) atoms. The molecule has 7 nitrogen and oxygen atoms in total. The predicted molar refractivity (Wildman–Crippen MR) is 123 cm³/mol. The van der Waals surface area contributed by atoms with E-state index in [1.807, 2.05) is 27.7 Å². The van der Waals surface area contributed by atoms with Crippen LogP contribution in [0.3, 0.4) is 0 Å². The van der Waals surface area contributed by atoms with Gasteiger partial charge in [-0.15, -0.1) is 24.0 Å². The van der Waals surface area contributed by atoms with Gasteiger partial charge >= 0.3 is 5.97 Å². The van der Waals surface area contributed by atoms with Crippen molar-refractivity contribution in [3.63, 3.8) is 0 Å². The van der Waals surface area contributed by atoms with Crippen molar-refractivity contribution in [3.8, 4) is 0 Å². The van der Waals surface area contributed by atoms with Crippen molar-refractivity contribution in [2.24, 2.45) is 4.99 Å². The van der Waals surface area contributed by atoms with Gasteiger partial charge in [-0.25, -0.2) is 4.99 Å². The number of guanidine groups is 1. The van der Waals surface area contributed by atoms with Gasteiger partial charge in [0.25, 0.3) is 0 Å². The number of esters is 1. The van der Waals surface area contributed by atoms with E-state index in [2.05, 4.69) is 20.5 Å². The highest BCUT2D eigenvalue weighted by atomic mass is 127. The first kappa shape index (κ1) is 25.4. The van der Waals surface area contributed by atoms with E-state index in [1.165, 1.54) is 32.1 Å². The van der Waals surface area contributed by atoms with Crippen LogP contribution in [-0.4, -0.2) is 73.9 Å². The summed E-state index contributed by atoms with van der Waals surface area (Å²) in [5, 5.41) is 6.74. The fraction of sp³-hybridized carbons (Fsp3) is 0.900. The number of carbonyl (C=O) groups excluding carboxylic acids is 1. The number of nitrogens with zero attached hydrogens (tertiary/aromatic N) is 2. The van der Waals surface area contributed by atoms with E-state index in [0.717, 1.165) is 39.4 Å². The van der Waals surface area contributed by atoms with Crippen LogP contribution in [0.25, 0.3) is 0 Å². The maximum Gasteiger partial charge on any atom is 0.328 e. The molecule has 0 spiro atoms. The second-order valence-electron chi connectivity index (χ2n) is 8.52. The Hall–Kier alpha value is -0.610. The maximum absolute atomic E-state index is 12.0. The lowest BCUT2D eigenvalue weighted by Gasteiger charge is -2.48. The molecule has 1 heterocycles. The number of aliphatic imine (C=N–C) groups is 1. The van der Waals surface area contributed by atoms with Gasteiger partial charge in [0.1, 0.15) is 12.1 Å². The molecule has 1 saturated carbocycles. The molecule has 2 rings (SSSR count). The van der Waals surface area contributed by atoms with Crippen LogP contribution in [0.2, 0.25) is 0 Å². The Morgan fingerprint density at radius 2 is 1.79 bits per heavy atom. The van der Waals surface area contributed by atoms with Gasteiger partial charge in [-0.1, -0.05) is 19.3 Å². The summed E-state index contributed by atoms with van der Waals surface area (Å²) in [6.07, 6.45) is 6.26. The lowest BCUT2D eigenvalue weighted by Crippen LogP contribution is -2.60. The zero-order valence-electron chi connectivity index (χ0n) is 18.0. The van der Waals surface area contributed by atoms with E-state index in [4.69, 9.17) is 9.47 Å². The smallest absolute Gasteiger partial charge is 0.328 e. The Bertz CT molecular complexity index is 496. The summed E-state index contributed by atoms with van der Waals surface area (Å²) in [7, 11) is 0. The highest BCUT2D eigenvalue weighted by Gasteiger charge is 2.38. The molecule has 0 bridgehead atoms. The van der Waals surface area contributed by atoms with E-state index in [1.54, 1.807) is 0 Å². The molecule has 0 radical (unpaired) electrons. The summed E-state index contributed by atoms with van der Waals surface area (Å²) in [5.74, 6) is 0.377. The van der Waals surface area contributed by atoms with Gasteiger partial charge in [0.15, 0.2) is 5.96 Å². The van der Waals surface area contributed by atoms with Gasteiger partial charge in [0, 0.05) is 31.7 Å². The van der Waals surface area contributed by atoms with Crippen LogP contribution >= 0.6 is 24.0 Å². The lowest BCUT2D eigenvalue weighted by atomic mass is 9.80. The Morgan fingerprint density at radius 3 is 2.36 bits per heavy atom. The monoisotopic (exact) mass is 510 g/mol. The number of ether oxygens (including phenoxy) is 2. The van der Waals surface area contributed by atoms with E-state index in [0.29, 0.717) is 5.96 Å². The molecule has 0 aromatic rings. The number of hydrogen-bond donors (Lipinski definition) is 2. The number of nitrogens with one attached hydrogen (secondary N) is 2. The van der Waals surface area contributed by atoms with Crippen LogP contribution in [0, 0.1) is 0 Å². The highest BCUT2D eigenvalue weighted by molar-refractivity contribution is 14.0. The third kappa shape index (κ3) is 8.41. The Balaban J connectivity index is 0.00000392. The van der Waals surface area contributed by atoms with Crippen molar-refractivity contribution in [2.75, 3.05) is 45.9 Å². The van der Waals surface area contributed by atoms with Crippen molar-refractivity contribution < 1.29 is 14.3 Å². The van der Waals surface area contributed by atoms with E-state index >= 15 is 0 Å². The Morgan fingerprint density at radius 1 is 1.14 bits per heavy atom. The molecule has 0 atom stereocenters. The van der Waals surface area contributed by atoms with E-state index in [9.17, 15) is 4.79 Å². The third-order valence-corrected chi connectivity index (χ3v) is 5.18. The fourth-order valence-electron chi connectivity index (χ4n) is 3.96. The summed E-state index contributed by atoms with van der Waals surface area (Å²) in [6, 6.07) is 0. The minimum Gasteiger partial charge on any atom is -0.459 e. The number of halogens is 1. The summed E-state index contributed by atoms with van der Waals surface area (Å²) in [6.45, 7) is 12.9. The molecule has 0 aromatic carbocycles. The van der Waals surface area contributed by atoms with E-state index < -0.39 is 5.60 Å². The first-order valence-electron chi connectivity index (χ1n) is 10.4. The van der Waals surface area contributed by atoms with Gasteiger partial charge in [0.05, 0.1) is 13.2 Å². The van der Waals surface area contributed by atoms with Crippen molar-refractivity contribution in [1.29, 1.82) is 0 Å². The van der Waals surface area contributed by atoms with Crippen molar-refractivity contribution in [2.45, 2.75) is 70.9 Å². The topological polar surface area (TPSA) is 75.2 Å². The standard InChI is InChI=1S/C20H38N4O3.HI/c1-5-21-18(22-15-17(25)27-19(2,3)4)23-16-20(9-7-6-8-10-20)24-11-13-26-14-12-24;/h5-16H2,1-4H3,(H2,21,22,23);1H. The first-order valence-corrected chi connectivity index (χ1v) is 10.4. The number of rotatable bonds is 6. The second-order valence-corrected chi connectivity index (χ2v) is 8.52. The molecule has 2 N–H and O–H groups in total. The fourth-order valence-corrected chi connectivity index (χ4v) is 3.96. The number of hydrogen-bond acceptors (Lipinski definition) is 5. The molecule has 1 saturated heterocycles. The maximum atomic E-state index is 12.0. The third-order valence-electron chi connectivity index (χ3n) is 5.18. The quantitative estimate of drug-likeness (QED) is 0.248. The minimum atomic E-state index is -0.485. The Labute approximate surface area is 187 Å². The molecule has 2 aliphatic rings. The summed E-state index contributed by atoms with van der Waals surface area (Å²) < 4.78 is 10.9. The zero-order valence-corrected chi connectivity index (χ0v) is 20.3. The van der Waals surface area contributed by atoms with Crippen molar-refractivity contribution in [1.82, 2.24) is 15.5 Å². The average molecular weight is 510 g/mol. The summed E-state index contributed by atoms with van der Waals surface area (Å²) >= 11 is 0. The Kier molecular flexibility index (Phi) is 11.1. The van der Waals surface area contributed by atoms with Crippen LogP contribution in [-0.2, 0) is 14.3 Å². The van der Waals surface area contributed by atoms with Crippen LogP contribution in [0.5, 0.6) is 0 Å². The molecular weight excluding hydrogens is 471 g/mol. The minimum absolute atomic E-state index is 0. The SMILES string of the molecule is CCNC(=NCC(=O)OC(C)(C)C)NCC1(N2CCOCC2)CCCCC1.I. The molecule has 0 unspecified atom stereocenters. The number of morpholine rings is 1. The van der Waals surface area contributed by atoms with Gasteiger partial charge in [-0.05, 0) is 40.5 Å². The van der Waals surface area contributed by atoms with Gasteiger partial charge in [-0.3, -0.25) is 9.69 Å². The predicted octanol–water partition coefficient (Wildman–Crippen LogP) is 2.54. The number of carbonyl (C=O) groups is 1. The van der Waals surface area contributed by atoms with Crippen molar-refractivity contribution >= 4 is 35.9 Å². The largest absolute Gasteiger partial charge is 0.459 e. The van der Waals surface area contributed by atoms with Gasteiger partial charge < -0.3 is 20.1 Å². The molecule has 0 aromatic heterocycles. The summed E-state index contributed by atoms with van der Waals surface area (Å²) in [4.78, 5) is 19.0. The summed E-state index contributed by atoms with van der Waals surface area (Å²) in [5.41, 5.74) is -0.328. The zero-order chi connectivity index (χ0) is 19.8. The van der Waals surface area contributed by atoms with Crippen LogP contribution in [0.15, 0.2) is 4.99 Å². The molecule has 164 valence electrons. The normalized spacial score (nSPS) is 20.8. The van der Waals surface area contributed by atoms with Gasteiger partial charge in [0.2, 0.25) is 0 Å². The van der Waals surface area contributed by atoms with Crippen LogP contribution < -0.4 is 10.6 Å². The highest BCUT2D eigenvalue weighted by Crippen LogP contribution is 2.33. The van der Waals surface area contributed by atoms with E-state index in [-0.39, 0.29) is 42.0 Å². The molecule has 1 aliphatic heterocycles. The molecule has 8 heteroatoms. The second kappa shape index (κ2) is 12.2. The molecule has 0 amide bonds. The molecule has 1 aliphatic carbocycles. The molecular formula is C20H39IN4O3. The van der Waals surface area contributed by atoms with Crippen molar-refractivity contribution in [3.05, 3.63) is 0 Å². The molecule has 2 fully saturated rings. The van der Waals surface area contributed by atoms with Gasteiger partial charge in [-0.2, -0.15) is 0 Å². The van der Waals surface area contributed by atoms with Crippen LogP contribution in [0.1, 0.15) is 59.8 Å².